The molecule has 0 saturated heterocycles. The number of nitrogen functional groups attached to an aromatic ring is 1. The number of nitrogens with zero attached hydrogens (tertiary/aromatic N) is 2. The lowest BCUT2D eigenvalue weighted by atomic mass is 10.2. The summed E-state index contributed by atoms with van der Waals surface area (Å²) in [6, 6.07) is 7.86. The van der Waals surface area contributed by atoms with Gasteiger partial charge in [0.15, 0.2) is 5.82 Å². The molecular formula is C16H18BrN3O. The molecule has 110 valence electrons. The molecule has 0 spiro atoms. The largest absolute Gasteiger partial charge is 0.494 e. The first kappa shape index (κ1) is 14.3. The van der Waals surface area contributed by atoms with Crippen molar-refractivity contribution >= 4 is 21.7 Å². The molecule has 1 aliphatic carbocycles. The number of rotatable bonds is 5. The van der Waals surface area contributed by atoms with Crippen molar-refractivity contribution in [2.75, 3.05) is 12.3 Å². The second-order valence-electron chi connectivity index (χ2n) is 5.28. The van der Waals surface area contributed by atoms with Crippen LogP contribution in [0.1, 0.15) is 37.8 Å². The number of hydrogen-bond acceptors (Lipinski definition) is 4. The highest BCUT2D eigenvalue weighted by Gasteiger charge is 2.29. The molecule has 21 heavy (non-hydrogen) atoms. The average Bonchev–Trinajstić information content (AvgIpc) is 3.33. The van der Waals surface area contributed by atoms with Crippen LogP contribution in [-0.4, -0.2) is 16.6 Å². The molecule has 0 bridgehead atoms. The molecule has 0 radical (unpaired) electrons. The molecule has 1 heterocycles. The Morgan fingerprint density at radius 3 is 2.86 bits per heavy atom. The zero-order valence-electron chi connectivity index (χ0n) is 12.0. The van der Waals surface area contributed by atoms with Crippen molar-refractivity contribution in [2.45, 2.75) is 32.1 Å². The van der Waals surface area contributed by atoms with Gasteiger partial charge in [-0.3, -0.25) is 0 Å². The van der Waals surface area contributed by atoms with Gasteiger partial charge in [0.25, 0.3) is 0 Å². The van der Waals surface area contributed by atoms with Crippen molar-refractivity contribution in [3.05, 3.63) is 34.4 Å². The Morgan fingerprint density at radius 2 is 2.14 bits per heavy atom. The Labute approximate surface area is 132 Å². The van der Waals surface area contributed by atoms with E-state index in [2.05, 4.69) is 27.8 Å². The molecular weight excluding hydrogens is 330 g/mol. The number of ether oxygens (including phenoxy) is 1. The SMILES string of the molecule is CCCOc1cccc(-c2nc(N)c(Br)c(C3CC3)n2)c1. The van der Waals surface area contributed by atoms with Gasteiger partial charge < -0.3 is 10.5 Å². The van der Waals surface area contributed by atoms with Crippen LogP contribution in [0, 0.1) is 0 Å². The van der Waals surface area contributed by atoms with Gasteiger partial charge in [-0.05, 0) is 47.3 Å². The molecule has 1 saturated carbocycles. The third-order valence-corrected chi connectivity index (χ3v) is 4.24. The summed E-state index contributed by atoms with van der Waals surface area (Å²) in [7, 11) is 0. The second-order valence-corrected chi connectivity index (χ2v) is 6.08. The zero-order valence-corrected chi connectivity index (χ0v) is 13.6. The Bertz CT molecular complexity index is 656. The summed E-state index contributed by atoms with van der Waals surface area (Å²) in [5.41, 5.74) is 7.97. The van der Waals surface area contributed by atoms with E-state index in [1.165, 1.54) is 12.8 Å². The molecule has 0 amide bonds. The van der Waals surface area contributed by atoms with Crippen LogP contribution in [0.4, 0.5) is 5.82 Å². The summed E-state index contributed by atoms with van der Waals surface area (Å²) in [6.07, 6.45) is 3.33. The van der Waals surface area contributed by atoms with Gasteiger partial charge in [-0.2, -0.15) is 0 Å². The molecule has 1 aliphatic rings. The minimum Gasteiger partial charge on any atom is -0.494 e. The van der Waals surface area contributed by atoms with Gasteiger partial charge in [-0.25, -0.2) is 9.97 Å². The summed E-state index contributed by atoms with van der Waals surface area (Å²) >= 11 is 3.50. The molecule has 1 fully saturated rings. The highest BCUT2D eigenvalue weighted by Crippen LogP contribution is 2.44. The summed E-state index contributed by atoms with van der Waals surface area (Å²) in [4.78, 5) is 9.09. The Hall–Kier alpha value is -1.62. The van der Waals surface area contributed by atoms with E-state index in [0.717, 1.165) is 27.9 Å². The van der Waals surface area contributed by atoms with E-state index < -0.39 is 0 Å². The van der Waals surface area contributed by atoms with Crippen molar-refractivity contribution in [3.63, 3.8) is 0 Å². The van der Waals surface area contributed by atoms with Crippen LogP contribution in [0.15, 0.2) is 28.7 Å². The fraction of sp³-hybridized carbons (Fsp3) is 0.375. The van der Waals surface area contributed by atoms with E-state index in [1.807, 2.05) is 24.3 Å². The van der Waals surface area contributed by atoms with Gasteiger partial charge in [0.2, 0.25) is 0 Å². The first-order valence-corrected chi connectivity index (χ1v) is 8.04. The van der Waals surface area contributed by atoms with E-state index in [1.54, 1.807) is 0 Å². The molecule has 0 aliphatic heterocycles. The van der Waals surface area contributed by atoms with Crippen LogP contribution in [0.5, 0.6) is 5.75 Å². The van der Waals surface area contributed by atoms with Crippen molar-refractivity contribution in [1.29, 1.82) is 0 Å². The van der Waals surface area contributed by atoms with Gasteiger partial charge in [0.1, 0.15) is 11.6 Å². The van der Waals surface area contributed by atoms with Crippen LogP contribution in [0.25, 0.3) is 11.4 Å². The standard InChI is InChI=1S/C16H18BrN3O/c1-2-8-21-12-5-3-4-11(9-12)16-19-14(10-6-7-10)13(17)15(18)20-16/h3-5,9-10H,2,6-8H2,1H3,(H2,18,19,20). The lowest BCUT2D eigenvalue weighted by Gasteiger charge is -2.10. The zero-order chi connectivity index (χ0) is 14.8. The Balaban J connectivity index is 1.96. The maximum atomic E-state index is 6.01. The quantitative estimate of drug-likeness (QED) is 0.882. The van der Waals surface area contributed by atoms with E-state index in [4.69, 9.17) is 15.5 Å². The Morgan fingerprint density at radius 1 is 1.33 bits per heavy atom. The van der Waals surface area contributed by atoms with Crippen molar-refractivity contribution < 1.29 is 4.74 Å². The normalized spacial score (nSPS) is 14.2. The fourth-order valence-corrected chi connectivity index (χ4v) is 2.68. The maximum absolute atomic E-state index is 6.01. The monoisotopic (exact) mass is 347 g/mol. The number of benzene rings is 1. The molecule has 2 aromatic rings. The first-order chi connectivity index (χ1) is 10.2. The first-order valence-electron chi connectivity index (χ1n) is 7.25. The Kier molecular flexibility index (Phi) is 4.10. The smallest absolute Gasteiger partial charge is 0.161 e. The minimum atomic E-state index is 0.502. The van der Waals surface area contributed by atoms with Gasteiger partial charge in [0.05, 0.1) is 16.8 Å². The third-order valence-electron chi connectivity index (χ3n) is 3.43. The molecule has 0 atom stereocenters. The summed E-state index contributed by atoms with van der Waals surface area (Å²) in [5, 5.41) is 0. The van der Waals surface area contributed by atoms with Crippen LogP contribution >= 0.6 is 15.9 Å². The summed E-state index contributed by atoms with van der Waals surface area (Å²) < 4.78 is 6.51. The van der Waals surface area contributed by atoms with Crippen LogP contribution in [0.3, 0.4) is 0 Å². The van der Waals surface area contributed by atoms with Crippen LogP contribution in [0.2, 0.25) is 0 Å². The van der Waals surface area contributed by atoms with Crippen molar-refractivity contribution in [3.8, 4) is 17.1 Å². The summed E-state index contributed by atoms with van der Waals surface area (Å²) in [5.74, 6) is 2.52. The molecule has 5 heteroatoms. The van der Waals surface area contributed by atoms with E-state index in [-0.39, 0.29) is 0 Å². The van der Waals surface area contributed by atoms with Gasteiger partial charge in [0, 0.05) is 11.5 Å². The molecule has 3 rings (SSSR count). The average molecular weight is 348 g/mol. The third kappa shape index (κ3) is 3.18. The number of nitrogens with two attached hydrogens (primary N) is 1. The lowest BCUT2D eigenvalue weighted by molar-refractivity contribution is 0.317. The van der Waals surface area contributed by atoms with E-state index >= 15 is 0 Å². The predicted octanol–water partition coefficient (Wildman–Crippen LogP) is 4.15. The summed E-state index contributed by atoms with van der Waals surface area (Å²) in [6.45, 7) is 2.80. The van der Waals surface area contributed by atoms with Gasteiger partial charge >= 0.3 is 0 Å². The van der Waals surface area contributed by atoms with Gasteiger partial charge in [-0.15, -0.1) is 0 Å². The number of anilines is 1. The predicted molar refractivity (Wildman–Crippen MR) is 87.3 cm³/mol. The number of halogens is 1. The lowest BCUT2D eigenvalue weighted by Crippen LogP contribution is -2.02. The highest BCUT2D eigenvalue weighted by atomic mass is 79.9. The van der Waals surface area contributed by atoms with E-state index in [0.29, 0.717) is 24.2 Å². The molecule has 1 aromatic carbocycles. The molecule has 0 unspecified atom stereocenters. The fourth-order valence-electron chi connectivity index (χ4n) is 2.18. The van der Waals surface area contributed by atoms with Crippen LogP contribution < -0.4 is 10.5 Å². The van der Waals surface area contributed by atoms with E-state index in [9.17, 15) is 0 Å². The molecule has 1 aromatic heterocycles. The topological polar surface area (TPSA) is 61.0 Å². The van der Waals surface area contributed by atoms with Crippen molar-refractivity contribution in [1.82, 2.24) is 9.97 Å². The highest BCUT2D eigenvalue weighted by molar-refractivity contribution is 9.10. The molecule has 4 nitrogen and oxygen atoms in total. The van der Waals surface area contributed by atoms with Gasteiger partial charge in [-0.1, -0.05) is 19.1 Å². The van der Waals surface area contributed by atoms with Crippen molar-refractivity contribution in [2.24, 2.45) is 0 Å². The molecule has 2 N–H and O–H groups in total. The maximum Gasteiger partial charge on any atom is 0.161 e. The second kappa shape index (κ2) is 6.02. The number of hydrogen-bond donors (Lipinski definition) is 1. The van der Waals surface area contributed by atoms with Crippen LogP contribution in [-0.2, 0) is 0 Å². The number of aromatic nitrogens is 2. The minimum absolute atomic E-state index is 0.502.